The molecule has 0 spiro atoms. The maximum atomic E-state index is 11.8. The summed E-state index contributed by atoms with van der Waals surface area (Å²) in [6, 6.07) is 7.96. The Hall–Kier alpha value is -1.39. The number of carbonyl (C=O) groups excluding carboxylic acids is 1. The molecular formula is C22H40N2O2. The minimum Gasteiger partial charge on any atom is -0.368 e. The fourth-order valence-electron chi connectivity index (χ4n) is 2.77. The summed E-state index contributed by atoms with van der Waals surface area (Å²) in [6.07, 6.45) is 6.15. The van der Waals surface area contributed by atoms with Crippen LogP contribution in [0.2, 0.25) is 0 Å². The van der Waals surface area contributed by atoms with E-state index in [0.717, 1.165) is 24.0 Å². The van der Waals surface area contributed by atoms with Crippen LogP contribution in [-0.2, 0) is 22.6 Å². The second-order valence-electron chi connectivity index (χ2n) is 6.71. The van der Waals surface area contributed by atoms with Gasteiger partial charge in [-0.25, -0.2) is 0 Å². The first-order chi connectivity index (χ1) is 12.6. The number of amides is 1. The molecule has 4 nitrogen and oxygen atoms in total. The van der Waals surface area contributed by atoms with Gasteiger partial charge in [-0.2, -0.15) is 0 Å². The standard InChI is InChI=1S/C17H26N2O2.C3H8.C2H6/c1-13-3-2-4-16(9-13)21-12-17(20)19-11-15-7-5-14(10-18)6-8-15;1-3-2;1-2/h5-8,13,16H,2-4,9-12,18H2,1H3,(H,19,20);3H2,1-2H3;1-2H3. The summed E-state index contributed by atoms with van der Waals surface area (Å²) in [5, 5.41) is 2.89. The minimum absolute atomic E-state index is 0.0453. The van der Waals surface area contributed by atoms with Gasteiger partial charge in [-0.05, 0) is 29.9 Å². The van der Waals surface area contributed by atoms with Crippen molar-refractivity contribution in [1.82, 2.24) is 5.32 Å². The van der Waals surface area contributed by atoms with E-state index >= 15 is 0 Å². The topological polar surface area (TPSA) is 64.3 Å². The minimum atomic E-state index is -0.0453. The van der Waals surface area contributed by atoms with Gasteiger partial charge >= 0.3 is 0 Å². The van der Waals surface area contributed by atoms with Crippen LogP contribution in [0.3, 0.4) is 0 Å². The molecular weight excluding hydrogens is 324 g/mol. The van der Waals surface area contributed by atoms with Crippen molar-refractivity contribution in [3.05, 3.63) is 35.4 Å². The van der Waals surface area contributed by atoms with Gasteiger partial charge in [-0.15, -0.1) is 0 Å². The molecule has 1 fully saturated rings. The van der Waals surface area contributed by atoms with Crippen LogP contribution in [0.5, 0.6) is 0 Å². The number of hydrogen-bond donors (Lipinski definition) is 2. The molecule has 26 heavy (non-hydrogen) atoms. The number of ether oxygens (including phenoxy) is 1. The van der Waals surface area contributed by atoms with Crippen LogP contribution >= 0.6 is 0 Å². The quantitative estimate of drug-likeness (QED) is 0.762. The van der Waals surface area contributed by atoms with Crippen molar-refractivity contribution in [2.24, 2.45) is 11.7 Å². The van der Waals surface area contributed by atoms with Crippen molar-refractivity contribution in [3.8, 4) is 0 Å². The highest BCUT2D eigenvalue weighted by Gasteiger charge is 2.19. The Bertz CT molecular complexity index is 460. The molecule has 0 saturated heterocycles. The van der Waals surface area contributed by atoms with Crippen molar-refractivity contribution in [1.29, 1.82) is 0 Å². The molecule has 1 saturated carbocycles. The predicted molar refractivity (Wildman–Crippen MR) is 111 cm³/mol. The van der Waals surface area contributed by atoms with Crippen molar-refractivity contribution >= 4 is 5.91 Å². The van der Waals surface area contributed by atoms with Crippen LogP contribution in [0.1, 0.15) is 77.8 Å². The molecule has 2 atom stereocenters. The number of rotatable bonds is 6. The Balaban J connectivity index is 0.00000113. The fourth-order valence-corrected chi connectivity index (χ4v) is 2.77. The molecule has 0 radical (unpaired) electrons. The van der Waals surface area contributed by atoms with Gasteiger partial charge in [0.2, 0.25) is 5.91 Å². The SMILES string of the molecule is CC.CC1CCCC(OCC(=O)NCc2ccc(CN)cc2)C1.CCC. The largest absolute Gasteiger partial charge is 0.368 e. The summed E-state index contributed by atoms with van der Waals surface area (Å²) < 4.78 is 5.71. The summed E-state index contributed by atoms with van der Waals surface area (Å²) in [5.41, 5.74) is 7.73. The Morgan fingerprint density at radius 3 is 2.27 bits per heavy atom. The normalized spacial score (nSPS) is 18.7. The zero-order valence-corrected chi connectivity index (χ0v) is 17.5. The van der Waals surface area contributed by atoms with Crippen LogP contribution < -0.4 is 11.1 Å². The number of nitrogens with one attached hydrogen (secondary N) is 1. The lowest BCUT2D eigenvalue weighted by Gasteiger charge is -2.26. The highest BCUT2D eigenvalue weighted by Crippen LogP contribution is 2.25. The van der Waals surface area contributed by atoms with E-state index in [1.807, 2.05) is 38.1 Å². The van der Waals surface area contributed by atoms with Gasteiger partial charge < -0.3 is 15.8 Å². The Morgan fingerprint density at radius 2 is 1.73 bits per heavy atom. The van der Waals surface area contributed by atoms with Crippen LogP contribution in [0.4, 0.5) is 0 Å². The molecule has 1 aliphatic carbocycles. The molecule has 1 aliphatic rings. The van der Waals surface area contributed by atoms with E-state index in [9.17, 15) is 4.79 Å². The first-order valence-electron chi connectivity index (χ1n) is 10.2. The van der Waals surface area contributed by atoms with Gasteiger partial charge in [0.15, 0.2) is 0 Å². The molecule has 2 rings (SSSR count). The molecule has 4 heteroatoms. The average molecular weight is 365 g/mol. The predicted octanol–water partition coefficient (Wildman–Crippen LogP) is 4.80. The van der Waals surface area contributed by atoms with Crippen LogP contribution in [-0.4, -0.2) is 18.6 Å². The lowest BCUT2D eigenvalue weighted by molar-refractivity contribution is -0.128. The molecule has 150 valence electrons. The number of hydrogen-bond acceptors (Lipinski definition) is 3. The molecule has 0 heterocycles. The van der Waals surface area contributed by atoms with Gasteiger partial charge in [0.25, 0.3) is 0 Å². The molecule has 3 N–H and O–H groups in total. The Kier molecular flexibility index (Phi) is 15.0. The summed E-state index contributed by atoms with van der Waals surface area (Å²) in [4.78, 5) is 11.8. The van der Waals surface area contributed by atoms with Crippen molar-refractivity contribution in [2.45, 2.75) is 85.9 Å². The molecule has 1 aromatic carbocycles. The number of benzene rings is 1. The van der Waals surface area contributed by atoms with E-state index in [1.54, 1.807) is 0 Å². The van der Waals surface area contributed by atoms with E-state index in [-0.39, 0.29) is 18.6 Å². The molecule has 1 aromatic rings. The second kappa shape index (κ2) is 15.8. The maximum Gasteiger partial charge on any atom is 0.246 e. The smallest absolute Gasteiger partial charge is 0.246 e. The van der Waals surface area contributed by atoms with Crippen LogP contribution in [0.25, 0.3) is 0 Å². The first kappa shape index (κ1) is 24.6. The summed E-state index contributed by atoms with van der Waals surface area (Å²) in [5.74, 6) is 0.670. The van der Waals surface area contributed by atoms with Gasteiger partial charge in [0.05, 0.1) is 6.10 Å². The van der Waals surface area contributed by atoms with E-state index in [1.165, 1.54) is 19.3 Å². The van der Waals surface area contributed by atoms with Crippen molar-refractivity contribution in [2.75, 3.05) is 6.61 Å². The molecule has 0 bridgehead atoms. The highest BCUT2D eigenvalue weighted by molar-refractivity contribution is 5.77. The second-order valence-corrected chi connectivity index (χ2v) is 6.71. The number of carbonyl (C=O) groups is 1. The van der Waals surface area contributed by atoms with E-state index in [4.69, 9.17) is 10.5 Å². The van der Waals surface area contributed by atoms with Crippen molar-refractivity contribution < 1.29 is 9.53 Å². The van der Waals surface area contributed by atoms with E-state index in [0.29, 0.717) is 19.0 Å². The third kappa shape index (κ3) is 11.3. The maximum absolute atomic E-state index is 11.8. The summed E-state index contributed by atoms with van der Waals surface area (Å²) in [7, 11) is 0. The zero-order valence-electron chi connectivity index (χ0n) is 17.5. The van der Waals surface area contributed by atoms with Crippen molar-refractivity contribution in [3.63, 3.8) is 0 Å². The van der Waals surface area contributed by atoms with Gasteiger partial charge in [-0.3, -0.25) is 4.79 Å². The lowest BCUT2D eigenvalue weighted by atomic mass is 9.89. The Labute approximate surface area is 160 Å². The highest BCUT2D eigenvalue weighted by atomic mass is 16.5. The first-order valence-corrected chi connectivity index (χ1v) is 10.2. The molecule has 0 aliphatic heterocycles. The zero-order chi connectivity index (χ0) is 19.8. The van der Waals surface area contributed by atoms with E-state index < -0.39 is 0 Å². The fraction of sp³-hybridized carbons (Fsp3) is 0.682. The summed E-state index contributed by atoms with van der Waals surface area (Å²) in [6.45, 7) is 11.7. The lowest BCUT2D eigenvalue weighted by Crippen LogP contribution is -2.31. The van der Waals surface area contributed by atoms with Gasteiger partial charge in [-0.1, -0.05) is 78.1 Å². The third-order valence-corrected chi connectivity index (χ3v) is 4.09. The van der Waals surface area contributed by atoms with Gasteiger partial charge in [0.1, 0.15) is 6.61 Å². The van der Waals surface area contributed by atoms with E-state index in [2.05, 4.69) is 26.1 Å². The average Bonchev–Trinajstić information content (AvgIpc) is 2.67. The van der Waals surface area contributed by atoms with Crippen LogP contribution in [0, 0.1) is 5.92 Å². The molecule has 1 amide bonds. The number of nitrogens with two attached hydrogens (primary N) is 1. The summed E-state index contributed by atoms with van der Waals surface area (Å²) >= 11 is 0. The Morgan fingerprint density at radius 1 is 1.15 bits per heavy atom. The van der Waals surface area contributed by atoms with Gasteiger partial charge in [0, 0.05) is 13.1 Å². The third-order valence-electron chi connectivity index (χ3n) is 4.09. The molecule has 2 unspecified atom stereocenters. The monoisotopic (exact) mass is 364 g/mol. The molecule has 0 aromatic heterocycles. The van der Waals surface area contributed by atoms with Crippen LogP contribution in [0.15, 0.2) is 24.3 Å².